The molecule has 1 rings (SSSR count). The van der Waals surface area contributed by atoms with Gasteiger partial charge in [0.2, 0.25) is 0 Å². The molecule has 0 aliphatic heterocycles. The first-order valence-electron chi connectivity index (χ1n) is 4.05. The molecule has 0 unspecified atom stereocenters. The first-order chi connectivity index (χ1) is 5.12. The quantitative estimate of drug-likeness (QED) is 0.636. The zero-order valence-corrected chi connectivity index (χ0v) is 6.89. The first-order valence-corrected chi connectivity index (χ1v) is 4.05. The lowest BCUT2D eigenvalue weighted by atomic mass is 9.70. The van der Waals surface area contributed by atoms with Crippen LogP contribution in [0.1, 0.15) is 26.2 Å². The average molecular weight is 157 g/mol. The molecule has 0 bridgehead atoms. The van der Waals surface area contributed by atoms with E-state index < -0.39 is 5.97 Å². The molecule has 0 atom stereocenters. The number of rotatable bonds is 4. The van der Waals surface area contributed by atoms with E-state index in [2.05, 4.69) is 12.2 Å². The molecule has 1 aliphatic carbocycles. The highest BCUT2D eigenvalue weighted by Crippen LogP contribution is 2.39. The predicted molar refractivity (Wildman–Crippen MR) is 42.5 cm³/mol. The zero-order valence-electron chi connectivity index (χ0n) is 6.89. The number of hydrogen-bond donors (Lipinski definition) is 2. The van der Waals surface area contributed by atoms with Crippen molar-refractivity contribution in [3.8, 4) is 0 Å². The molecule has 64 valence electrons. The lowest BCUT2D eigenvalue weighted by molar-refractivity contribution is -0.136. The summed E-state index contributed by atoms with van der Waals surface area (Å²) in [6.45, 7) is 3.14. The smallest absolute Gasteiger partial charge is 0.317 e. The van der Waals surface area contributed by atoms with E-state index in [0.717, 1.165) is 6.54 Å². The van der Waals surface area contributed by atoms with Crippen molar-refractivity contribution in [3.63, 3.8) is 0 Å². The van der Waals surface area contributed by atoms with Crippen molar-refractivity contribution < 1.29 is 9.90 Å². The van der Waals surface area contributed by atoms with Crippen LogP contribution in [-0.4, -0.2) is 24.2 Å². The van der Waals surface area contributed by atoms with Gasteiger partial charge in [0.05, 0.1) is 6.54 Å². The molecule has 11 heavy (non-hydrogen) atoms. The summed E-state index contributed by atoms with van der Waals surface area (Å²) < 4.78 is 0. The standard InChI is InChI=1S/C8H15NO2/c1-8(3-2-4-8)6-9-5-7(10)11/h9H,2-6H2,1H3,(H,10,11). The van der Waals surface area contributed by atoms with Gasteiger partial charge < -0.3 is 10.4 Å². The van der Waals surface area contributed by atoms with Gasteiger partial charge >= 0.3 is 5.97 Å². The van der Waals surface area contributed by atoms with Gasteiger partial charge in [-0.1, -0.05) is 13.3 Å². The van der Waals surface area contributed by atoms with Crippen LogP contribution in [0.15, 0.2) is 0 Å². The van der Waals surface area contributed by atoms with E-state index in [1.165, 1.54) is 19.3 Å². The van der Waals surface area contributed by atoms with Gasteiger partial charge in [0, 0.05) is 6.54 Å². The second-order valence-corrected chi connectivity index (χ2v) is 3.66. The highest BCUT2D eigenvalue weighted by atomic mass is 16.4. The monoisotopic (exact) mass is 157 g/mol. The lowest BCUT2D eigenvalue weighted by Crippen LogP contribution is -2.39. The predicted octanol–water partition coefficient (Wildman–Crippen LogP) is 0.851. The number of nitrogens with one attached hydrogen (secondary N) is 1. The average Bonchev–Trinajstić information content (AvgIpc) is 1.83. The van der Waals surface area contributed by atoms with Crippen LogP contribution in [0.5, 0.6) is 0 Å². The molecule has 1 aliphatic rings. The van der Waals surface area contributed by atoms with Crippen molar-refractivity contribution in [1.29, 1.82) is 0 Å². The van der Waals surface area contributed by atoms with Crippen molar-refractivity contribution in [2.24, 2.45) is 5.41 Å². The summed E-state index contributed by atoms with van der Waals surface area (Å²) in [4.78, 5) is 10.1. The molecule has 2 N–H and O–H groups in total. The Hall–Kier alpha value is -0.570. The maximum atomic E-state index is 10.1. The number of carboxylic acids is 1. The molecule has 1 fully saturated rings. The fourth-order valence-corrected chi connectivity index (χ4v) is 1.43. The van der Waals surface area contributed by atoms with Gasteiger partial charge in [0.1, 0.15) is 0 Å². The minimum Gasteiger partial charge on any atom is -0.480 e. The third-order valence-corrected chi connectivity index (χ3v) is 2.39. The summed E-state index contributed by atoms with van der Waals surface area (Å²) in [5.41, 5.74) is 0.384. The number of hydrogen-bond acceptors (Lipinski definition) is 2. The van der Waals surface area contributed by atoms with Gasteiger partial charge in [-0.2, -0.15) is 0 Å². The molecule has 0 spiro atoms. The Labute approximate surface area is 66.8 Å². The molecule has 0 saturated heterocycles. The molecule has 0 aromatic heterocycles. The summed E-state index contributed by atoms with van der Waals surface area (Å²) >= 11 is 0. The molecule has 0 heterocycles. The Morgan fingerprint density at radius 2 is 2.27 bits per heavy atom. The van der Waals surface area contributed by atoms with E-state index in [1.54, 1.807) is 0 Å². The van der Waals surface area contributed by atoms with Crippen LogP contribution in [0.25, 0.3) is 0 Å². The van der Waals surface area contributed by atoms with Crippen LogP contribution in [-0.2, 0) is 4.79 Å². The Balaban J connectivity index is 2.07. The summed E-state index contributed by atoms with van der Waals surface area (Å²) in [6, 6.07) is 0. The maximum Gasteiger partial charge on any atom is 0.317 e. The van der Waals surface area contributed by atoms with E-state index >= 15 is 0 Å². The SMILES string of the molecule is CC1(CNCC(=O)O)CCC1. The summed E-state index contributed by atoms with van der Waals surface area (Å²) in [6.07, 6.45) is 3.77. The van der Waals surface area contributed by atoms with E-state index in [1.807, 2.05) is 0 Å². The highest BCUT2D eigenvalue weighted by molar-refractivity contribution is 5.68. The number of carboxylic acid groups (broad SMARTS) is 1. The molecular formula is C8H15NO2. The van der Waals surface area contributed by atoms with Crippen molar-refractivity contribution in [3.05, 3.63) is 0 Å². The topological polar surface area (TPSA) is 49.3 Å². The van der Waals surface area contributed by atoms with Gasteiger partial charge in [-0.25, -0.2) is 0 Å². The third-order valence-electron chi connectivity index (χ3n) is 2.39. The molecule has 0 aromatic carbocycles. The fraction of sp³-hybridized carbons (Fsp3) is 0.875. The van der Waals surface area contributed by atoms with E-state index in [0.29, 0.717) is 5.41 Å². The molecular weight excluding hydrogens is 142 g/mol. The lowest BCUT2D eigenvalue weighted by Gasteiger charge is -2.38. The van der Waals surface area contributed by atoms with E-state index in [9.17, 15) is 4.79 Å². The first kappa shape index (κ1) is 8.53. The van der Waals surface area contributed by atoms with Crippen LogP contribution in [0, 0.1) is 5.41 Å². The molecule has 3 heteroatoms. The van der Waals surface area contributed by atoms with Crippen molar-refractivity contribution in [1.82, 2.24) is 5.32 Å². The maximum absolute atomic E-state index is 10.1. The van der Waals surface area contributed by atoms with Gasteiger partial charge in [-0.15, -0.1) is 0 Å². The summed E-state index contributed by atoms with van der Waals surface area (Å²) in [5.74, 6) is -0.770. The van der Waals surface area contributed by atoms with Crippen LogP contribution in [0.4, 0.5) is 0 Å². The fourth-order valence-electron chi connectivity index (χ4n) is 1.43. The molecule has 3 nitrogen and oxygen atoms in total. The summed E-state index contributed by atoms with van der Waals surface area (Å²) in [7, 11) is 0. The molecule has 0 radical (unpaired) electrons. The number of aliphatic carboxylic acids is 1. The van der Waals surface area contributed by atoms with Gasteiger partial charge in [-0.05, 0) is 18.3 Å². The number of carbonyl (C=O) groups is 1. The van der Waals surface area contributed by atoms with E-state index in [-0.39, 0.29) is 6.54 Å². The minimum atomic E-state index is -0.770. The highest BCUT2D eigenvalue weighted by Gasteiger charge is 2.30. The van der Waals surface area contributed by atoms with Crippen molar-refractivity contribution in [2.45, 2.75) is 26.2 Å². The van der Waals surface area contributed by atoms with Crippen molar-refractivity contribution >= 4 is 5.97 Å². The Morgan fingerprint density at radius 3 is 2.64 bits per heavy atom. The molecule has 0 amide bonds. The van der Waals surface area contributed by atoms with Crippen LogP contribution >= 0.6 is 0 Å². The van der Waals surface area contributed by atoms with Gasteiger partial charge in [-0.3, -0.25) is 4.79 Å². The van der Waals surface area contributed by atoms with Crippen LogP contribution in [0.3, 0.4) is 0 Å². The Bertz CT molecular complexity index is 152. The molecule has 1 saturated carbocycles. The second kappa shape index (κ2) is 3.22. The van der Waals surface area contributed by atoms with E-state index in [4.69, 9.17) is 5.11 Å². The zero-order chi connectivity index (χ0) is 8.32. The van der Waals surface area contributed by atoms with Crippen LogP contribution < -0.4 is 5.32 Å². The second-order valence-electron chi connectivity index (χ2n) is 3.66. The Kier molecular flexibility index (Phi) is 2.49. The van der Waals surface area contributed by atoms with Crippen molar-refractivity contribution in [2.75, 3.05) is 13.1 Å². The van der Waals surface area contributed by atoms with Crippen LogP contribution in [0.2, 0.25) is 0 Å². The van der Waals surface area contributed by atoms with Gasteiger partial charge in [0.25, 0.3) is 0 Å². The summed E-state index contributed by atoms with van der Waals surface area (Å²) in [5, 5.41) is 11.3. The normalized spacial score (nSPS) is 20.8. The Morgan fingerprint density at radius 1 is 1.64 bits per heavy atom. The largest absolute Gasteiger partial charge is 0.480 e. The third kappa shape index (κ3) is 2.50. The van der Waals surface area contributed by atoms with Gasteiger partial charge in [0.15, 0.2) is 0 Å². The molecule has 0 aromatic rings. The minimum absolute atomic E-state index is 0.0928.